The van der Waals surface area contributed by atoms with Crippen LogP contribution in [-0.2, 0) is 5.60 Å². The van der Waals surface area contributed by atoms with Gasteiger partial charge in [-0.1, -0.05) is 78.3 Å². The number of nitrogens with zero attached hydrogens (tertiary/aromatic N) is 1. The van der Waals surface area contributed by atoms with Crippen LogP contribution in [0.25, 0.3) is 23.1 Å². The average Bonchev–Trinajstić information content (AvgIpc) is 2.80. The molecule has 0 radical (unpaired) electrons. The second-order valence-electron chi connectivity index (χ2n) is 8.79. The molecule has 1 aromatic heterocycles. The predicted octanol–water partition coefficient (Wildman–Crippen LogP) is 6.80. The summed E-state index contributed by atoms with van der Waals surface area (Å²) in [6.07, 6.45) is 4.61. The molecule has 0 aliphatic rings. The van der Waals surface area contributed by atoms with Crippen molar-refractivity contribution in [3.8, 4) is 0 Å². The Morgan fingerprint density at radius 3 is 2.52 bits per heavy atom. The first-order chi connectivity index (χ1) is 15.8. The van der Waals surface area contributed by atoms with Crippen LogP contribution in [0.15, 0.2) is 78.9 Å². The van der Waals surface area contributed by atoms with E-state index in [0.29, 0.717) is 11.4 Å². The lowest BCUT2D eigenvalue weighted by atomic mass is 9.81. The fourth-order valence-electron chi connectivity index (χ4n) is 4.25. The molecule has 0 saturated heterocycles. The molecule has 4 aromatic rings. The fraction of sp³-hybridized carbons (Fsp3) is 0.207. The van der Waals surface area contributed by atoms with E-state index in [0.717, 1.165) is 38.9 Å². The Kier molecular flexibility index (Phi) is 6.94. The minimum absolute atomic E-state index is 0.0214. The highest BCUT2D eigenvalue weighted by Crippen LogP contribution is 2.35. The van der Waals surface area contributed by atoms with Crippen LogP contribution >= 0.6 is 11.6 Å². The van der Waals surface area contributed by atoms with Gasteiger partial charge in [-0.2, -0.15) is 0 Å². The van der Waals surface area contributed by atoms with Gasteiger partial charge in [0.2, 0.25) is 0 Å². The molecule has 0 amide bonds. The van der Waals surface area contributed by atoms with E-state index in [4.69, 9.17) is 16.6 Å². The number of hydrogen-bond donors (Lipinski definition) is 2. The molecule has 4 heteroatoms. The molecule has 1 atom stereocenters. The highest BCUT2D eigenvalue weighted by molar-refractivity contribution is 6.31. The Morgan fingerprint density at radius 1 is 0.939 bits per heavy atom. The summed E-state index contributed by atoms with van der Waals surface area (Å²) >= 11 is 6.11. The van der Waals surface area contributed by atoms with Crippen LogP contribution in [0.2, 0.25) is 5.02 Å². The van der Waals surface area contributed by atoms with Crippen molar-refractivity contribution in [2.24, 2.45) is 0 Å². The molecular formula is C29H28ClNO2. The Morgan fingerprint density at radius 2 is 1.73 bits per heavy atom. The Labute approximate surface area is 200 Å². The summed E-state index contributed by atoms with van der Waals surface area (Å²) < 4.78 is 0. The number of halogens is 1. The van der Waals surface area contributed by atoms with Gasteiger partial charge in [-0.3, -0.25) is 0 Å². The van der Waals surface area contributed by atoms with Crippen molar-refractivity contribution in [3.05, 3.63) is 112 Å². The molecule has 1 heterocycles. The van der Waals surface area contributed by atoms with Crippen LogP contribution in [0.5, 0.6) is 0 Å². The van der Waals surface area contributed by atoms with Gasteiger partial charge in [0, 0.05) is 22.9 Å². The second kappa shape index (κ2) is 9.88. The van der Waals surface area contributed by atoms with E-state index >= 15 is 0 Å². The molecule has 33 heavy (non-hydrogen) atoms. The zero-order valence-electron chi connectivity index (χ0n) is 18.9. The summed E-state index contributed by atoms with van der Waals surface area (Å²) in [6.45, 7) is 3.66. The largest absolute Gasteiger partial charge is 0.396 e. The Balaban J connectivity index is 1.67. The maximum Gasteiger partial charge on any atom is 0.0843 e. The molecule has 0 aliphatic carbocycles. The lowest BCUT2D eigenvalue weighted by Gasteiger charge is -2.27. The minimum atomic E-state index is -0.966. The zero-order valence-corrected chi connectivity index (χ0v) is 19.6. The topological polar surface area (TPSA) is 53.4 Å². The number of fused-ring (bicyclic) bond motifs is 1. The third-order valence-corrected chi connectivity index (χ3v) is 6.08. The third-order valence-electron chi connectivity index (χ3n) is 5.85. The second-order valence-corrected chi connectivity index (χ2v) is 9.22. The van der Waals surface area contributed by atoms with Crippen molar-refractivity contribution in [3.63, 3.8) is 0 Å². The summed E-state index contributed by atoms with van der Waals surface area (Å²) in [5.41, 5.74) is 4.81. The van der Waals surface area contributed by atoms with Gasteiger partial charge in [-0.25, -0.2) is 4.98 Å². The van der Waals surface area contributed by atoms with Crippen LogP contribution in [0.1, 0.15) is 54.1 Å². The standard InChI is InChI=1S/C29H28ClNO2/c1-29(2,33)27-9-4-3-8-26(27)25(16-17-32)22-7-5-6-20(18-22)10-14-24-15-12-21-11-13-23(30)19-28(21)31-24/h3-15,18-19,25,32-33H,16-17H2,1-2H3/b14-10-/t25-/m0/s1. The number of rotatable bonds is 7. The number of benzene rings is 3. The Hall–Kier alpha value is -2.98. The number of pyridine rings is 1. The van der Waals surface area contributed by atoms with Crippen molar-refractivity contribution in [1.82, 2.24) is 4.98 Å². The molecule has 4 rings (SSSR count). The summed E-state index contributed by atoms with van der Waals surface area (Å²) in [4.78, 5) is 4.69. The number of aliphatic hydroxyl groups excluding tert-OH is 1. The number of aliphatic hydroxyl groups is 2. The van der Waals surface area contributed by atoms with Crippen LogP contribution < -0.4 is 0 Å². The molecule has 0 bridgehead atoms. The summed E-state index contributed by atoms with van der Waals surface area (Å²) in [7, 11) is 0. The van der Waals surface area contributed by atoms with Crippen molar-refractivity contribution in [2.45, 2.75) is 31.8 Å². The van der Waals surface area contributed by atoms with Gasteiger partial charge in [0.05, 0.1) is 16.8 Å². The van der Waals surface area contributed by atoms with Crippen LogP contribution in [-0.4, -0.2) is 21.8 Å². The molecule has 3 nitrogen and oxygen atoms in total. The number of aromatic nitrogens is 1. The SMILES string of the molecule is CC(C)(O)c1ccccc1[C@@H](CCO)c1cccc(/C=C\c2ccc3ccc(Cl)cc3n2)c1. The predicted molar refractivity (Wildman–Crippen MR) is 137 cm³/mol. The van der Waals surface area contributed by atoms with Crippen LogP contribution in [0, 0.1) is 0 Å². The minimum Gasteiger partial charge on any atom is -0.396 e. The average molecular weight is 458 g/mol. The van der Waals surface area contributed by atoms with Gasteiger partial charge in [-0.05, 0) is 66.8 Å². The molecule has 0 saturated carbocycles. The van der Waals surface area contributed by atoms with E-state index in [1.54, 1.807) is 13.8 Å². The smallest absolute Gasteiger partial charge is 0.0843 e. The van der Waals surface area contributed by atoms with E-state index in [1.165, 1.54) is 0 Å². The number of hydrogen-bond acceptors (Lipinski definition) is 3. The van der Waals surface area contributed by atoms with E-state index < -0.39 is 5.60 Å². The zero-order chi connectivity index (χ0) is 23.4. The highest BCUT2D eigenvalue weighted by Gasteiger charge is 2.25. The van der Waals surface area contributed by atoms with Gasteiger partial charge in [0.1, 0.15) is 0 Å². The third kappa shape index (κ3) is 5.51. The summed E-state index contributed by atoms with van der Waals surface area (Å²) in [5.74, 6) is -0.0214. The van der Waals surface area contributed by atoms with E-state index in [9.17, 15) is 10.2 Å². The first-order valence-electron chi connectivity index (χ1n) is 11.1. The monoisotopic (exact) mass is 457 g/mol. The Bertz CT molecular complexity index is 1290. The molecule has 3 aromatic carbocycles. The van der Waals surface area contributed by atoms with Gasteiger partial charge in [-0.15, -0.1) is 0 Å². The molecule has 0 aliphatic heterocycles. The van der Waals surface area contributed by atoms with Gasteiger partial charge in [0.25, 0.3) is 0 Å². The van der Waals surface area contributed by atoms with Gasteiger partial charge in [0.15, 0.2) is 0 Å². The fourth-order valence-corrected chi connectivity index (χ4v) is 4.42. The van der Waals surface area contributed by atoms with Crippen LogP contribution in [0.3, 0.4) is 0 Å². The molecule has 2 N–H and O–H groups in total. The normalized spacial score (nSPS) is 13.0. The molecular weight excluding hydrogens is 430 g/mol. The molecule has 0 unspecified atom stereocenters. The van der Waals surface area contributed by atoms with Crippen molar-refractivity contribution in [1.29, 1.82) is 0 Å². The van der Waals surface area contributed by atoms with E-state index in [2.05, 4.69) is 18.2 Å². The van der Waals surface area contributed by atoms with Crippen LogP contribution in [0.4, 0.5) is 0 Å². The van der Waals surface area contributed by atoms with Crippen molar-refractivity contribution < 1.29 is 10.2 Å². The maximum absolute atomic E-state index is 10.7. The first kappa shape index (κ1) is 23.2. The highest BCUT2D eigenvalue weighted by atomic mass is 35.5. The lowest BCUT2D eigenvalue weighted by molar-refractivity contribution is 0.0772. The van der Waals surface area contributed by atoms with E-state index in [-0.39, 0.29) is 12.5 Å². The van der Waals surface area contributed by atoms with Crippen molar-refractivity contribution in [2.75, 3.05) is 6.61 Å². The lowest BCUT2D eigenvalue weighted by Crippen LogP contribution is -2.20. The van der Waals surface area contributed by atoms with Crippen molar-refractivity contribution >= 4 is 34.7 Å². The first-order valence-corrected chi connectivity index (χ1v) is 11.5. The maximum atomic E-state index is 10.7. The summed E-state index contributed by atoms with van der Waals surface area (Å²) in [6, 6.07) is 26.0. The van der Waals surface area contributed by atoms with Gasteiger partial charge < -0.3 is 10.2 Å². The van der Waals surface area contributed by atoms with Gasteiger partial charge >= 0.3 is 0 Å². The molecule has 0 fully saturated rings. The van der Waals surface area contributed by atoms with E-state index in [1.807, 2.05) is 72.8 Å². The molecule has 0 spiro atoms. The quantitative estimate of drug-likeness (QED) is 0.321. The summed E-state index contributed by atoms with van der Waals surface area (Å²) in [5, 5.41) is 22.2. The molecule has 168 valence electrons.